The topological polar surface area (TPSA) is 47.6 Å². The average molecular weight is 365 g/mol. The van der Waals surface area contributed by atoms with Crippen molar-refractivity contribution in [2.24, 2.45) is 0 Å². The summed E-state index contributed by atoms with van der Waals surface area (Å²) in [5.74, 6) is 0.278. The molecule has 0 aliphatic heterocycles. The fraction of sp³-hybridized carbons (Fsp3) is 0.182. The van der Waals surface area contributed by atoms with Crippen LogP contribution in [-0.4, -0.2) is 20.2 Å². The summed E-state index contributed by atoms with van der Waals surface area (Å²) < 4.78 is 11.3. The molecule has 0 aromatic heterocycles. The van der Waals surface area contributed by atoms with Gasteiger partial charge in [-0.25, -0.2) is 4.79 Å². The SMILES string of the molecule is COC(=O)/C=C/Nc1cc(OC)c(Br)cc1Br. The van der Waals surface area contributed by atoms with Crippen molar-refractivity contribution in [3.63, 3.8) is 0 Å². The third kappa shape index (κ3) is 4.05. The quantitative estimate of drug-likeness (QED) is 0.657. The third-order valence-corrected chi connectivity index (χ3v) is 3.18. The molecule has 0 atom stereocenters. The molecule has 0 bridgehead atoms. The molecule has 0 aliphatic carbocycles. The van der Waals surface area contributed by atoms with Crippen LogP contribution in [0.25, 0.3) is 0 Å². The van der Waals surface area contributed by atoms with E-state index in [-0.39, 0.29) is 0 Å². The molecule has 0 radical (unpaired) electrons. The van der Waals surface area contributed by atoms with Crippen molar-refractivity contribution in [1.82, 2.24) is 0 Å². The van der Waals surface area contributed by atoms with Gasteiger partial charge in [0, 0.05) is 22.8 Å². The first-order chi connectivity index (χ1) is 8.08. The number of carbonyl (C=O) groups is 1. The van der Waals surface area contributed by atoms with Crippen molar-refractivity contribution < 1.29 is 14.3 Å². The number of methoxy groups -OCH3 is 2. The van der Waals surface area contributed by atoms with Gasteiger partial charge in [0.05, 0.1) is 24.4 Å². The van der Waals surface area contributed by atoms with Gasteiger partial charge in [0.15, 0.2) is 0 Å². The largest absolute Gasteiger partial charge is 0.495 e. The van der Waals surface area contributed by atoms with E-state index >= 15 is 0 Å². The van der Waals surface area contributed by atoms with Gasteiger partial charge in [-0.3, -0.25) is 0 Å². The molecule has 1 rings (SSSR count). The molecule has 0 amide bonds. The molecule has 0 saturated carbocycles. The number of hydrogen-bond acceptors (Lipinski definition) is 4. The van der Waals surface area contributed by atoms with Gasteiger partial charge in [-0.1, -0.05) is 0 Å². The number of carbonyl (C=O) groups excluding carboxylic acids is 1. The second-order valence-corrected chi connectivity index (χ2v) is 4.68. The molecule has 0 heterocycles. The number of esters is 1. The lowest BCUT2D eigenvalue weighted by molar-refractivity contribution is -0.134. The molecular formula is C11H11Br2NO3. The van der Waals surface area contributed by atoms with E-state index in [2.05, 4.69) is 41.9 Å². The summed E-state index contributed by atoms with van der Waals surface area (Å²) in [4.78, 5) is 10.9. The maximum Gasteiger partial charge on any atom is 0.331 e. The van der Waals surface area contributed by atoms with Gasteiger partial charge < -0.3 is 14.8 Å². The minimum absolute atomic E-state index is 0.419. The summed E-state index contributed by atoms with van der Waals surface area (Å²) in [6.45, 7) is 0. The van der Waals surface area contributed by atoms with E-state index in [1.165, 1.54) is 19.4 Å². The van der Waals surface area contributed by atoms with E-state index < -0.39 is 5.97 Å². The van der Waals surface area contributed by atoms with E-state index in [1.54, 1.807) is 13.2 Å². The van der Waals surface area contributed by atoms with Crippen LogP contribution in [0, 0.1) is 0 Å². The Morgan fingerprint density at radius 1 is 1.29 bits per heavy atom. The smallest absolute Gasteiger partial charge is 0.331 e. The fourth-order valence-corrected chi connectivity index (χ4v) is 2.33. The van der Waals surface area contributed by atoms with Crippen molar-refractivity contribution in [1.29, 1.82) is 0 Å². The van der Waals surface area contributed by atoms with Crippen molar-refractivity contribution in [2.75, 3.05) is 19.5 Å². The molecule has 6 heteroatoms. The van der Waals surface area contributed by atoms with Crippen molar-refractivity contribution in [2.45, 2.75) is 0 Å². The Morgan fingerprint density at radius 3 is 2.59 bits per heavy atom. The Kier molecular flexibility index (Phi) is 5.50. The molecule has 4 nitrogen and oxygen atoms in total. The molecule has 0 aliphatic rings. The van der Waals surface area contributed by atoms with Gasteiger partial charge in [-0.2, -0.15) is 0 Å². The van der Waals surface area contributed by atoms with Crippen molar-refractivity contribution >= 4 is 43.5 Å². The molecule has 0 saturated heterocycles. The standard InChI is InChI=1S/C11H11Br2NO3/c1-16-10-6-9(7(12)5-8(10)13)14-4-3-11(15)17-2/h3-6,14H,1-2H3/b4-3+. The van der Waals surface area contributed by atoms with Crippen LogP contribution in [-0.2, 0) is 9.53 Å². The van der Waals surface area contributed by atoms with Crippen LogP contribution in [0.15, 0.2) is 33.4 Å². The highest BCUT2D eigenvalue weighted by molar-refractivity contribution is 9.11. The normalized spacial score (nSPS) is 10.4. The Labute approximate surface area is 116 Å². The first kappa shape index (κ1) is 14.1. The Morgan fingerprint density at radius 2 is 2.00 bits per heavy atom. The van der Waals surface area contributed by atoms with Gasteiger partial charge in [-0.15, -0.1) is 0 Å². The molecule has 0 fully saturated rings. The van der Waals surface area contributed by atoms with Gasteiger partial charge in [0.1, 0.15) is 5.75 Å². The van der Waals surface area contributed by atoms with Crippen LogP contribution in [0.2, 0.25) is 0 Å². The number of nitrogens with one attached hydrogen (secondary N) is 1. The third-order valence-electron chi connectivity index (χ3n) is 1.90. The molecule has 1 aromatic rings. The number of ether oxygens (including phenoxy) is 2. The van der Waals surface area contributed by atoms with Crippen LogP contribution in [0.1, 0.15) is 0 Å². The maximum absolute atomic E-state index is 10.9. The Bertz CT molecular complexity index is 447. The lowest BCUT2D eigenvalue weighted by Crippen LogP contribution is -1.97. The van der Waals surface area contributed by atoms with Crippen LogP contribution in [0.4, 0.5) is 5.69 Å². The summed E-state index contributed by atoms with van der Waals surface area (Å²) in [6, 6.07) is 3.66. The highest BCUT2D eigenvalue weighted by Crippen LogP contribution is 2.34. The molecule has 92 valence electrons. The molecular weight excluding hydrogens is 354 g/mol. The number of hydrogen-bond donors (Lipinski definition) is 1. The predicted molar refractivity (Wildman–Crippen MR) is 73.2 cm³/mol. The molecule has 1 aromatic carbocycles. The predicted octanol–water partition coefficient (Wildman–Crippen LogP) is 3.32. The summed E-state index contributed by atoms with van der Waals surface area (Å²) in [6.07, 6.45) is 2.79. The van der Waals surface area contributed by atoms with E-state index in [1.807, 2.05) is 6.07 Å². The fourth-order valence-electron chi connectivity index (χ4n) is 1.06. The zero-order chi connectivity index (χ0) is 12.8. The number of halogens is 2. The summed E-state index contributed by atoms with van der Waals surface area (Å²) >= 11 is 6.77. The second-order valence-electron chi connectivity index (χ2n) is 2.97. The number of benzene rings is 1. The molecule has 0 spiro atoms. The minimum Gasteiger partial charge on any atom is -0.495 e. The molecule has 0 unspecified atom stereocenters. The number of anilines is 1. The van der Waals surface area contributed by atoms with Gasteiger partial charge >= 0.3 is 5.97 Å². The monoisotopic (exact) mass is 363 g/mol. The average Bonchev–Trinajstić information content (AvgIpc) is 2.31. The lowest BCUT2D eigenvalue weighted by Gasteiger charge is -2.09. The van der Waals surface area contributed by atoms with Gasteiger partial charge in [0.25, 0.3) is 0 Å². The van der Waals surface area contributed by atoms with E-state index in [9.17, 15) is 4.79 Å². The van der Waals surface area contributed by atoms with Crippen LogP contribution in [0.3, 0.4) is 0 Å². The minimum atomic E-state index is -0.419. The number of rotatable bonds is 4. The van der Waals surface area contributed by atoms with E-state index in [4.69, 9.17) is 4.74 Å². The van der Waals surface area contributed by atoms with Crippen LogP contribution in [0.5, 0.6) is 5.75 Å². The first-order valence-corrected chi connectivity index (χ1v) is 6.21. The summed E-state index contributed by atoms with van der Waals surface area (Å²) in [5.41, 5.74) is 0.783. The Hall–Kier alpha value is -1.01. The maximum atomic E-state index is 10.9. The second kappa shape index (κ2) is 6.66. The first-order valence-electron chi connectivity index (χ1n) is 4.62. The lowest BCUT2D eigenvalue weighted by atomic mass is 10.3. The van der Waals surface area contributed by atoms with Crippen LogP contribution >= 0.6 is 31.9 Å². The molecule has 1 N–H and O–H groups in total. The van der Waals surface area contributed by atoms with E-state index in [0.29, 0.717) is 5.75 Å². The summed E-state index contributed by atoms with van der Waals surface area (Å²) in [5, 5.41) is 2.95. The highest BCUT2D eigenvalue weighted by Gasteiger charge is 2.05. The zero-order valence-corrected chi connectivity index (χ0v) is 12.5. The van der Waals surface area contributed by atoms with Crippen LogP contribution < -0.4 is 10.1 Å². The van der Waals surface area contributed by atoms with E-state index in [0.717, 1.165) is 14.6 Å². The Balaban J connectivity index is 2.84. The van der Waals surface area contributed by atoms with Crippen molar-refractivity contribution in [3.05, 3.63) is 33.4 Å². The zero-order valence-electron chi connectivity index (χ0n) is 9.29. The molecule has 17 heavy (non-hydrogen) atoms. The highest BCUT2D eigenvalue weighted by atomic mass is 79.9. The van der Waals surface area contributed by atoms with Crippen molar-refractivity contribution in [3.8, 4) is 5.75 Å². The van der Waals surface area contributed by atoms with Gasteiger partial charge in [0.2, 0.25) is 0 Å². The summed E-state index contributed by atoms with van der Waals surface area (Å²) in [7, 11) is 2.91. The van der Waals surface area contributed by atoms with Gasteiger partial charge in [-0.05, 0) is 37.9 Å².